The summed E-state index contributed by atoms with van der Waals surface area (Å²) in [7, 11) is 5.47. The summed E-state index contributed by atoms with van der Waals surface area (Å²) in [6.07, 6.45) is 1.65. The second-order valence-corrected chi connectivity index (χ2v) is 7.05. The number of methoxy groups -OCH3 is 1. The molecule has 0 heterocycles. The number of nitrogens with zero attached hydrogens (tertiary/aromatic N) is 1. The first-order valence-electron chi connectivity index (χ1n) is 9.77. The van der Waals surface area contributed by atoms with Gasteiger partial charge in [-0.1, -0.05) is 36.4 Å². The number of hydrogen-bond acceptors (Lipinski definition) is 4. The van der Waals surface area contributed by atoms with Crippen LogP contribution in [0.3, 0.4) is 0 Å². The molecule has 0 fully saturated rings. The number of carbonyl (C=O) groups is 2. The van der Waals surface area contributed by atoms with Gasteiger partial charge in [0.15, 0.2) is 0 Å². The lowest BCUT2D eigenvalue weighted by Gasteiger charge is -2.13. The molecule has 0 aliphatic rings. The van der Waals surface area contributed by atoms with Gasteiger partial charge in [0, 0.05) is 37.1 Å². The van der Waals surface area contributed by atoms with Crippen LogP contribution in [0.2, 0.25) is 0 Å². The first-order valence-corrected chi connectivity index (χ1v) is 9.77. The SMILES string of the molecule is COc1cccc(NC(=O)/C(=C/c2ccc(N(C)C)cc2)NC(=O)c2ccccc2)c1. The van der Waals surface area contributed by atoms with E-state index in [1.807, 2.05) is 49.3 Å². The number of nitrogens with one attached hydrogen (secondary N) is 2. The van der Waals surface area contributed by atoms with E-state index in [4.69, 9.17) is 4.74 Å². The number of hydrogen-bond donors (Lipinski definition) is 2. The predicted molar refractivity (Wildman–Crippen MR) is 124 cm³/mol. The van der Waals surface area contributed by atoms with Crippen LogP contribution in [-0.4, -0.2) is 33.0 Å². The van der Waals surface area contributed by atoms with Crippen LogP contribution in [0.4, 0.5) is 11.4 Å². The highest BCUT2D eigenvalue weighted by molar-refractivity contribution is 6.10. The molecule has 0 saturated heterocycles. The third-order valence-electron chi connectivity index (χ3n) is 4.58. The summed E-state index contributed by atoms with van der Waals surface area (Å²) in [5.41, 5.74) is 2.98. The van der Waals surface area contributed by atoms with Gasteiger partial charge >= 0.3 is 0 Å². The van der Waals surface area contributed by atoms with Crippen LogP contribution in [0.15, 0.2) is 84.6 Å². The molecule has 0 saturated carbocycles. The smallest absolute Gasteiger partial charge is 0.272 e. The fourth-order valence-corrected chi connectivity index (χ4v) is 2.88. The van der Waals surface area contributed by atoms with E-state index in [0.29, 0.717) is 17.0 Å². The van der Waals surface area contributed by atoms with Crippen molar-refractivity contribution in [2.75, 3.05) is 31.4 Å². The Hall–Kier alpha value is -4.06. The van der Waals surface area contributed by atoms with Gasteiger partial charge in [0.25, 0.3) is 11.8 Å². The molecule has 6 heteroatoms. The quantitative estimate of drug-likeness (QED) is 0.568. The number of anilines is 2. The van der Waals surface area contributed by atoms with Crippen LogP contribution < -0.4 is 20.3 Å². The van der Waals surface area contributed by atoms with Crippen LogP contribution in [0.5, 0.6) is 5.75 Å². The van der Waals surface area contributed by atoms with Crippen LogP contribution >= 0.6 is 0 Å². The van der Waals surface area contributed by atoms with E-state index in [1.54, 1.807) is 61.7 Å². The van der Waals surface area contributed by atoms with E-state index < -0.39 is 5.91 Å². The second-order valence-electron chi connectivity index (χ2n) is 7.05. The molecule has 3 aromatic rings. The van der Waals surface area contributed by atoms with Crippen molar-refractivity contribution < 1.29 is 14.3 Å². The number of benzene rings is 3. The standard InChI is InChI=1S/C25H25N3O3/c1-28(2)21-14-12-18(13-15-21)16-23(27-24(29)19-8-5-4-6-9-19)25(30)26-20-10-7-11-22(17-20)31-3/h4-17H,1-3H3,(H,26,30)(H,27,29)/b23-16-. The normalized spacial score (nSPS) is 10.9. The van der Waals surface area contributed by atoms with Crippen molar-refractivity contribution in [1.29, 1.82) is 0 Å². The lowest BCUT2D eigenvalue weighted by molar-refractivity contribution is -0.113. The predicted octanol–water partition coefficient (Wildman–Crippen LogP) is 4.17. The van der Waals surface area contributed by atoms with Crippen molar-refractivity contribution in [2.45, 2.75) is 0 Å². The molecule has 0 spiro atoms. The van der Waals surface area contributed by atoms with E-state index in [-0.39, 0.29) is 11.6 Å². The molecule has 0 bridgehead atoms. The lowest BCUT2D eigenvalue weighted by Crippen LogP contribution is -2.30. The molecule has 158 valence electrons. The molecule has 2 amide bonds. The van der Waals surface area contributed by atoms with Crippen molar-refractivity contribution in [3.8, 4) is 5.75 Å². The maximum atomic E-state index is 13.0. The van der Waals surface area contributed by atoms with Gasteiger partial charge in [-0.05, 0) is 48.0 Å². The molecule has 0 atom stereocenters. The number of rotatable bonds is 7. The molecule has 0 radical (unpaired) electrons. The topological polar surface area (TPSA) is 70.7 Å². The van der Waals surface area contributed by atoms with Crippen molar-refractivity contribution >= 4 is 29.3 Å². The van der Waals surface area contributed by atoms with E-state index in [2.05, 4.69) is 10.6 Å². The highest BCUT2D eigenvalue weighted by atomic mass is 16.5. The van der Waals surface area contributed by atoms with Gasteiger partial charge in [-0.2, -0.15) is 0 Å². The van der Waals surface area contributed by atoms with Crippen molar-refractivity contribution in [1.82, 2.24) is 5.32 Å². The summed E-state index contributed by atoms with van der Waals surface area (Å²) in [6, 6.07) is 23.5. The Morgan fingerprint density at radius 2 is 1.61 bits per heavy atom. The zero-order valence-corrected chi connectivity index (χ0v) is 17.8. The van der Waals surface area contributed by atoms with Gasteiger partial charge in [0.1, 0.15) is 11.4 Å². The average Bonchev–Trinajstić information content (AvgIpc) is 2.79. The van der Waals surface area contributed by atoms with Crippen molar-refractivity contribution in [2.24, 2.45) is 0 Å². The van der Waals surface area contributed by atoms with Gasteiger partial charge in [-0.15, -0.1) is 0 Å². The highest BCUT2D eigenvalue weighted by Gasteiger charge is 2.15. The summed E-state index contributed by atoms with van der Waals surface area (Å²) < 4.78 is 5.21. The minimum absolute atomic E-state index is 0.134. The molecule has 0 aliphatic carbocycles. The van der Waals surface area contributed by atoms with E-state index in [0.717, 1.165) is 11.3 Å². The van der Waals surface area contributed by atoms with Crippen LogP contribution in [0, 0.1) is 0 Å². The Labute approximate surface area is 182 Å². The zero-order chi connectivity index (χ0) is 22.2. The zero-order valence-electron chi connectivity index (χ0n) is 17.8. The molecular formula is C25H25N3O3. The number of carbonyl (C=O) groups excluding carboxylic acids is 2. The molecule has 0 unspecified atom stereocenters. The van der Waals surface area contributed by atoms with Gasteiger partial charge in [0.05, 0.1) is 7.11 Å². The van der Waals surface area contributed by atoms with Gasteiger partial charge in [-0.3, -0.25) is 9.59 Å². The largest absolute Gasteiger partial charge is 0.497 e. The van der Waals surface area contributed by atoms with E-state index in [1.165, 1.54) is 0 Å². The third kappa shape index (κ3) is 5.96. The maximum absolute atomic E-state index is 13.0. The summed E-state index contributed by atoms with van der Waals surface area (Å²) in [6.45, 7) is 0. The summed E-state index contributed by atoms with van der Waals surface area (Å²) in [4.78, 5) is 27.7. The Kier molecular flexibility index (Phi) is 7.06. The minimum atomic E-state index is -0.436. The molecule has 3 aromatic carbocycles. The molecule has 6 nitrogen and oxygen atoms in total. The van der Waals surface area contributed by atoms with Gasteiger partial charge in [-0.25, -0.2) is 0 Å². The monoisotopic (exact) mass is 415 g/mol. The second kappa shape index (κ2) is 10.1. The van der Waals surface area contributed by atoms with Crippen LogP contribution in [-0.2, 0) is 4.79 Å². The van der Waals surface area contributed by atoms with Crippen LogP contribution in [0.25, 0.3) is 6.08 Å². The molecule has 2 N–H and O–H groups in total. The summed E-state index contributed by atoms with van der Waals surface area (Å²) in [5.74, 6) is -0.178. The number of ether oxygens (including phenoxy) is 1. The third-order valence-corrected chi connectivity index (χ3v) is 4.58. The van der Waals surface area contributed by atoms with E-state index >= 15 is 0 Å². The van der Waals surface area contributed by atoms with Gasteiger partial charge < -0.3 is 20.3 Å². The van der Waals surface area contributed by atoms with E-state index in [9.17, 15) is 9.59 Å². The average molecular weight is 415 g/mol. The minimum Gasteiger partial charge on any atom is -0.497 e. The fourth-order valence-electron chi connectivity index (χ4n) is 2.88. The molecule has 31 heavy (non-hydrogen) atoms. The Morgan fingerprint density at radius 1 is 0.903 bits per heavy atom. The summed E-state index contributed by atoms with van der Waals surface area (Å²) in [5, 5.41) is 5.55. The Morgan fingerprint density at radius 3 is 2.26 bits per heavy atom. The highest BCUT2D eigenvalue weighted by Crippen LogP contribution is 2.18. The van der Waals surface area contributed by atoms with Crippen LogP contribution in [0.1, 0.15) is 15.9 Å². The van der Waals surface area contributed by atoms with Gasteiger partial charge in [0.2, 0.25) is 0 Å². The van der Waals surface area contributed by atoms with Crippen molar-refractivity contribution in [3.05, 3.63) is 95.7 Å². The summed E-state index contributed by atoms with van der Waals surface area (Å²) >= 11 is 0. The fraction of sp³-hybridized carbons (Fsp3) is 0.120. The maximum Gasteiger partial charge on any atom is 0.272 e. The Bertz CT molecular complexity index is 1070. The Balaban J connectivity index is 1.88. The number of amides is 2. The first kappa shape index (κ1) is 21.6. The lowest BCUT2D eigenvalue weighted by atomic mass is 10.1. The molecular weight excluding hydrogens is 390 g/mol. The molecule has 0 aromatic heterocycles. The van der Waals surface area contributed by atoms with Crippen molar-refractivity contribution in [3.63, 3.8) is 0 Å². The molecule has 0 aliphatic heterocycles. The first-order chi connectivity index (χ1) is 15.0. The molecule has 3 rings (SSSR count).